The van der Waals surface area contributed by atoms with Crippen LogP contribution < -0.4 is 4.74 Å². The molecule has 1 aromatic heterocycles. The maximum absolute atomic E-state index is 13.1. The number of halogens is 3. The molecule has 1 fully saturated rings. The lowest BCUT2D eigenvalue weighted by molar-refractivity contribution is -0.140. The van der Waals surface area contributed by atoms with Crippen molar-refractivity contribution in [3.8, 4) is 5.75 Å². The zero-order valence-corrected chi connectivity index (χ0v) is 20.4. The predicted molar refractivity (Wildman–Crippen MR) is 129 cm³/mol. The first-order chi connectivity index (χ1) is 15.8. The number of Topliss-reactive ketones (excluding diaryl/α,β-unsaturated/α-hetero) is 1. The van der Waals surface area contributed by atoms with E-state index in [0.717, 1.165) is 5.56 Å². The Morgan fingerprint density at radius 1 is 1.09 bits per heavy atom. The number of amides is 1. The summed E-state index contributed by atoms with van der Waals surface area (Å²) in [6.07, 6.45) is 3.21. The molecule has 1 atom stereocenters. The second-order valence-electron chi connectivity index (χ2n) is 7.31. The number of carbonyl (C=O) groups is 2. The highest BCUT2D eigenvalue weighted by Crippen LogP contribution is 2.42. The van der Waals surface area contributed by atoms with Crippen LogP contribution >= 0.6 is 39.1 Å². The Balaban J connectivity index is 1.88. The molecule has 1 N–H and O–H groups in total. The van der Waals surface area contributed by atoms with Crippen LogP contribution in [0.15, 0.2) is 71.0 Å². The number of rotatable bonds is 5. The standard InChI is InChI=1S/C24H17BrCl2N2O4/c1-33-19-5-3-15(10-16(19)25)22(30)20-21(14-2-4-17(26)18(27)11-14)29(24(32)23(20)31)12-13-6-8-28-9-7-13/h2-11,21,30H,12H2,1H3/b22-20-. The van der Waals surface area contributed by atoms with Crippen molar-refractivity contribution >= 4 is 56.6 Å². The second kappa shape index (κ2) is 9.55. The molecule has 0 aliphatic carbocycles. The minimum absolute atomic E-state index is 0.0375. The molecule has 1 amide bonds. The van der Waals surface area contributed by atoms with Gasteiger partial charge in [-0.15, -0.1) is 0 Å². The molecule has 33 heavy (non-hydrogen) atoms. The Morgan fingerprint density at radius 3 is 2.45 bits per heavy atom. The lowest BCUT2D eigenvalue weighted by Crippen LogP contribution is -2.29. The van der Waals surface area contributed by atoms with Crippen LogP contribution in [0.3, 0.4) is 0 Å². The van der Waals surface area contributed by atoms with Crippen LogP contribution in [-0.4, -0.2) is 33.8 Å². The number of methoxy groups -OCH3 is 1. The third-order valence-electron chi connectivity index (χ3n) is 5.33. The molecule has 0 saturated carbocycles. The minimum atomic E-state index is -0.867. The molecule has 9 heteroatoms. The first-order valence-electron chi connectivity index (χ1n) is 9.78. The zero-order valence-electron chi connectivity index (χ0n) is 17.3. The van der Waals surface area contributed by atoms with Gasteiger partial charge in [0.1, 0.15) is 11.5 Å². The van der Waals surface area contributed by atoms with E-state index in [-0.39, 0.29) is 22.9 Å². The van der Waals surface area contributed by atoms with E-state index in [1.54, 1.807) is 60.9 Å². The van der Waals surface area contributed by atoms with E-state index >= 15 is 0 Å². The third kappa shape index (κ3) is 4.49. The number of aromatic nitrogens is 1. The van der Waals surface area contributed by atoms with Crippen LogP contribution in [-0.2, 0) is 16.1 Å². The van der Waals surface area contributed by atoms with Gasteiger partial charge < -0.3 is 14.7 Å². The maximum atomic E-state index is 13.1. The van der Waals surface area contributed by atoms with E-state index in [2.05, 4.69) is 20.9 Å². The molecule has 6 nitrogen and oxygen atoms in total. The molecule has 2 aromatic carbocycles. The molecule has 0 bridgehead atoms. The highest BCUT2D eigenvalue weighted by Gasteiger charge is 2.46. The van der Waals surface area contributed by atoms with E-state index in [0.29, 0.717) is 26.4 Å². The van der Waals surface area contributed by atoms with Crippen molar-refractivity contribution in [2.45, 2.75) is 12.6 Å². The lowest BCUT2D eigenvalue weighted by Gasteiger charge is -2.25. The Bertz CT molecular complexity index is 1280. The summed E-state index contributed by atoms with van der Waals surface area (Å²) in [5, 5.41) is 11.8. The summed E-state index contributed by atoms with van der Waals surface area (Å²) in [5.74, 6) is -1.25. The molecule has 2 heterocycles. The van der Waals surface area contributed by atoms with E-state index < -0.39 is 17.7 Å². The summed E-state index contributed by atoms with van der Waals surface area (Å²) in [4.78, 5) is 31.6. The molecule has 168 valence electrons. The van der Waals surface area contributed by atoms with Crippen LogP contribution in [0.4, 0.5) is 0 Å². The molecule has 3 aromatic rings. The number of ketones is 1. The second-order valence-corrected chi connectivity index (χ2v) is 8.97. The highest BCUT2D eigenvalue weighted by atomic mass is 79.9. The minimum Gasteiger partial charge on any atom is -0.507 e. The summed E-state index contributed by atoms with van der Waals surface area (Å²) in [6.45, 7) is 0.140. The molecular formula is C24H17BrCl2N2O4. The van der Waals surface area contributed by atoms with Crippen molar-refractivity contribution in [1.29, 1.82) is 0 Å². The number of hydrogen-bond donors (Lipinski definition) is 1. The molecule has 1 aliphatic rings. The van der Waals surface area contributed by atoms with Gasteiger partial charge in [-0.3, -0.25) is 14.6 Å². The monoisotopic (exact) mass is 546 g/mol. The number of aliphatic hydroxyl groups excluding tert-OH is 1. The molecule has 1 unspecified atom stereocenters. The number of benzene rings is 2. The third-order valence-corrected chi connectivity index (χ3v) is 6.69. The largest absolute Gasteiger partial charge is 0.507 e. The van der Waals surface area contributed by atoms with Crippen LogP contribution in [0.25, 0.3) is 5.76 Å². The molecule has 0 radical (unpaired) electrons. The smallest absolute Gasteiger partial charge is 0.295 e. The van der Waals surface area contributed by atoms with Crippen LogP contribution in [0, 0.1) is 0 Å². The first kappa shape index (κ1) is 23.3. The van der Waals surface area contributed by atoms with E-state index in [1.165, 1.54) is 12.0 Å². The Labute approximate surface area is 208 Å². The summed E-state index contributed by atoms with van der Waals surface area (Å²) in [7, 11) is 1.52. The Kier molecular flexibility index (Phi) is 6.74. The van der Waals surface area contributed by atoms with E-state index in [4.69, 9.17) is 27.9 Å². The summed E-state index contributed by atoms with van der Waals surface area (Å²) >= 11 is 15.7. The van der Waals surface area contributed by atoms with Crippen molar-refractivity contribution < 1.29 is 19.4 Å². The molecular weight excluding hydrogens is 531 g/mol. The van der Waals surface area contributed by atoms with Crippen molar-refractivity contribution in [2.75, 3.05) is 7.11 Å². The van der Waals surface area contributed by atoms with E-state index in [1.807, 2.05) is 0 Å². The summed E-state index contributed by atoms with van der Waals surface area (Å²) in [5.41, 5.74) is 1.65. The number of likely N-dealkylation sites (tertiary alicyclic amines) is 1. The number of nitrogens with zero attached hydrogens (tertiary/aromatic N) is 2. The van der Waals surface area contributed by atoms with Crippen LogP contribution in [0.1, 0.15) is 22.7 Å². The average Bonchev–Trinajstić information content (AvgIpc) is 3.06. The van der Waals surface area contributed by atoms with Gasteiger partial charge in [0.25, 0.3) is 11.7 Å². The van der Waals surface area contributed by atoms with Gasteiger partial charge in [-0.25, -0.2) is 0 Å². The van der Waals surface area contributed by atoms with Crippen LogP contribution in [0.2, 0.25) is 10.0 Å². The van der Waals surface area contributed by atoms with Crippen molar-refractivity contribution in [2.24, 2.45) is 0 Å². The number of pyridine rings is 1. The Morgan fingerprint density at radius 2 is 1.82 bits per heavy atom. The van der Waals surface area contributed by atoms with Crippen molar-refractivity contribution in [3.05, 3.63) is 97.7 Å². The van der Waals surface area contributed by atoms with Gasteiger partial charge in [0.05, 0.1) is 33.2 Å². The first-order valence-corrected chi connectivity index (χ1v) is 11.3. The fourth-order valence-electron chi connectivity index (χ4n) is 3.73. The molecule has 1 saturated heterocycles. The van der Waals surface area contributed by atoms with Gasteiger partial charge >= 0.3 is 0 Å². The normalized spacial score (nSPS) is 17.5. The maximum Gasteiger partial charge on any atom is 0.295 e. The van der Waals surface area contributed by atoms with Gasteiger partial charge in [0.15, 0.2) is 0 Å². The van der Waals surface area contributed by atoms with Gasteiger partial charge in [-0.1, -0.05) is 29.3 Å². The number of carbonyl (C=O) groups excluding carboxylic acids is 2. The van der Waals surface area contributed by atoms with E-state index in [9.17, 15) is 14.7 Å². The highest BCUT2D eigenvalue weighted by molar-refractivity contribution is 9.10. The molecule has 4 rings (SSSR count). The molecule has 0 spiro atoms. The molecule has 1 aliphatic heterocycles. The zero-order chi connectivity index (χ0) is 23.7. The summed E-state index contributed by atoms with van der Waals surface area (Å²) in [6, 6.07) is 12.4. The Hall–Kier alpha value is -2.87. The lowest BCUT2D eigenvalue weighted by atomic mass is 9.95. The van der Waals surface area contributed by atoms with Crippen molar-refractivity contribution in [3.63, 3.8) is 0 Å². The predicted octanol–water partition coefficient (Wildman–Crippen LogP) is 5.78. The summed E-state index contributed by atoms with van der Waals surface area (Å²) < 4.78 is 5.82. The fraction of sp³-hybridized carbons (Fsp3) is 0.125. The SMILES string of the molecule is COc1ccc(/C(O)=C2/C(=O)C(=O)N(Cc3ccncc3)C2c2ccc(Cl)c(Cl)c2)cc1Br. The van der Waals surface area contributed by atoms with Crippen molar-refractivity contribution in [1.82, 2.24) is 9.88 Å². The van der Waals surface area contributed by atoms with Gasteiger partial charge in [0.2, 0.25) is 0 Å². The fourth-order valence-corrected chi connectivity index (χ4v) is 4.57. The number of aliphatic hydroxyl groups is 1. The van der Waals surface area contributed by atoms with Gasteiger partial charge in [0, 0.05) is 24.5 Å². The average molecular weight is 548 g/mol. The van der Waals surface area contributed by atoms with Crippen LogP contribution in [0.5, 0.6) is 5.75 Å². The number of hydrogen-bond acceptors (Lipinski definition) is 5. The quantitative estimate of drug-likeness (QED) is 0.249. The van der Waals surface area contributed by atoms with Gasteiger partial charge in [-0.2, -0.15) is 0 Å². The van der Waals surface area contributed by atoms with Gasteiger partial charge in [-0.05, 0) is 69.5 Å². The number of ether oxygens (including phenoxy) is 1. The topological polar surface area (TPSA) is 79.7 Å².